The molecule has 0 amide bonds. The van der Waals surface area contributed by atoms with Gasteiger partial charge in [-0.15, -0.1) is 0 Å². The van der Waals surface area contributed by atoms with Gasteiger partial charge in [0, 0.05) is 0 Å². The largest absolute Gasteiger partial charge is 0.496 e. The molecule has 1 N–H and O–H groups in total. The van der Waals surface area contributed by atoms with Crippen molar-refractivity contribution in [2.75, 3.05) is 7.11 Å². The molecule has 2 rings (SSSR count). The predicted molar refractivity (Wildman–Crippen MR) is 70.1 cm³/mol. The Morgan fingerprint density at radius 1 is 1.05 bits per heavy atom. The first-order valence-corrected chi connectivity index (χ1v) is 5.90. The van der Waals surface area contributed by atoms with Gasteiger partial charge in [-0.3, -0.25) is 0 Å². The molecule has 0 aliphatic rings. The molecule has 0 aliphatic heterocycles. The van der Waals surface area contributed by atoms with Crippen LogP contribution in [-0.4, -0.2) is 12.2 Å². The van der Waals surface area contributed by atoms with Crippen LogP contribution in [0.5, 0.6) is 17.2 Å². The molecule has 0 heterocycles. The van der Waals surface area contributed by atoms with E-state index in [1.807, 2.05) is 0 Å². The summed E-state index contributed by atoms with van der Waals surface area (Å²) in [6.07, 6.45) is -0.730. The zero-order valence-electron chi connectivity index (χ0n) is 10.8. The second-order valence-electron chi connectivity index (χ2n) is 4.10. The molecule has 100 valence electrons. The fourth-order valence-electron chi connectivity index (χ4n) is 1.83. The summed E-state index contributed by atoms with van der Waals surface area (Å²) in [4.78, 5) is 0. The molecule has 4 heteroatoms. The first-order chi connectivity index (χ1) is 9.11. The lowest BCUT2D eigenvalue weighted by Crippen LogP contribution is -2.00. The Kier molecular flexibility index (Phi) is 4.02. The number of hydrogen-bond acceptors (Lipinski definition) is 3. The molecule has 0 aliphatic carbocycles. The summed E-state index contributed by atoms with van der Waals surface area (Å²) in [5.41, 5.74) is 0.564. The van der Waals surface area contributed by atoms with Crippen molar-refractivity contribution in [3.63, 3.8) is 0 Å². The minimum atomic E-state index is -0.730. The maximum atomic E-state index is 12.8. The highest BCUT2D eigenvalue weighted by Gasteiger charge is 2.15. The van der Waals surface area contributed by atoms with Gasteiger partial charge in [0.05, 0.1) is 18.8 Å². The number of benzene rings is 2. The minimum absolute atomic E-state index is 0.325. The summed E-state index contributed by atoms with van der Waals surface area (Å²) in [6.45, 7) is 1.63. The summed E-state index contributed by atoms with van der Waals surface area (Å²) < 4.78 is 23.7. The Bertz CT molecular complexity index is 550. The predicted octanol–water partition coefficient (Wildman–Crippen LogP) is 3.68. The third-order valence-electron chi connectivity index (χ3n) is 2.71. The number of hydrogen-bond donors (Lipinski definition) is 1. The van der Waals surface area contributed by atoms with Crippen LogP contribution in [0, 0.1) is 5.82 Å². The monoisotopic (exact) mass is 262 g/mol. The van der Waals surface area contributed by atoms with Crippen LogP contribution in [0.15, 0.2) is 42.5 Å². The van der Waals surface area contributed by atoms with Crippen molar-refractivity contribution in [3.05, 3.63) is 53.8 Å². The van der Waals surface area contributed by atoms with E-state index in [9.17, 15) is 9.50 Å². The molecule has 3 nitrogen and oxygen atoms in total. The average molecular weight is 262 g/mol. The lowest BCUT2D eigenvalue weighted by Gasteiger charge is -2.16. The van der Waals surface area contributed by atoms with E-state index in [1.165, 1.54) is 31.4 Å². The van der Waals surface area contributed by atoms with Crippen LogP contribution < -0.4 is 9.47 Å². The van der Waals surface area contributed by atoms with Crippen molar-refractivity contribution in [3.8, 4) is 17.2 Å². The molecule has 19 heavy (non-hydrogen) atoms. The second-order valence-corrected chi connectivity index (χ2v) is 4.10. The van der Waals surface area contributed by atoms with Crippen molar-refractivity contribution < 1.29 is 19.0 Å². The molecule has 2 aromatic carbocycles. The molecule has 0 saturated carbocycles. The van der Waals surface area contributed by atoms with Crippen molar-refractivity contribution >= 4 is 0 Å². The highest BCUT2D eigenvalue weighted by atomic mass is 19.1. The highest BCUT2D eigenvalue weighted by molar-refractivity contribution is 5.47. The topological polar surface area (TPSA) is 38.7 Å². The molecule has 0 aromatic heterocycles. The van der Waals surface area contributed by atoms with Gasteiger partial charge in [-0.2, -0.15) is 0 Å². The number of halogens is 1. The lowest BCUT2D eigenvalue weighted by atomic mass is 10.1. The van der Waals surface area contributed by atoms with Crippen molar-refractivity contribution in [2.45, 2.75) is 13.0 Å². The van der Waals surface area contributed by atoms with Gasteiger partial charge in [-0.05, 0) is 43.3 Å². The van der Waals surface area contributed by atoms with E-state index in [1.54, 1.807) is 25.1 Å². The molecule has 0 unspecified atom stereocenters. The van der Waals surface area contributed by atoms with E-state index < -0.39 is 6.10 Å². The smallest absolute Gasteiger partial charge is 0.136 e. The number of aliphatic hydroxyl groups is 1. The SMILES string of the molecule is COc1cccc(Oc2ccc(F)cc2)c1[C@H](C)O. The zero-order valence-corrected chi connectivity index (χ0v) is 10.8. The van der Waals surface area contributed by atoms with E-state index in [2.05, 4.69) is 0 Å². The Hall–Kier alpha value is -2.07. The molecular weight excluding hydrogens is 247 g/mol. The van der Waals surface area contributed by atoms with Gasteiger partial charge in [0.25, 0.3) is 0 Å². The van der Waals surface area contributed by atoms with Crippen LogP contribution in [-0.2, 0) is 0 Å². The van der Waals surface area contributed by atoms with Crippen LogP contribution in [0.25, 0.3) is 0 Å². The quantitative estimate of drug-likeness (QED) is 0.913. The normalized spacial score (nSPS) is 12.0. The second kappa shape index (κ2) is 5.71. The molecule has 2 aromatic rings. The zero-order chi connectivity index (χ0) is 13.8. The Morgan fingerprint density at radius 3 is 2.26 bits per heavy atom. The van der Waals surface area contributed by atoms with Crippen molar-refractivity contribution in [1.29, 1.82) is 0 Å². The molecular formula is C15H15FO3. The summed E-state index contributed by atoms with van der Waals surface area (Å²) in [6, 6.07) is 10.9. The van der Waals surface area contributed by atoms with E-state index in [0.29, 0.717) is 22.8 Å². The fourth-order valence-corrected chi connectivity index (χ4v) is 1.83. The number of methoxy groups -OCH3 is 1. The van der Waals surface area contributed by atoms with Crippen LogP contribution in [0.3, 0.4) is 0 Å². The van der Waals surface area contributed by atoms with Crippen LogP contribution in [0.1, 0.15) is 18.6 Å². The lowest BCUT2D eigenvalue weighted by molar-refractivity contribution is 0.190. The van der Waals surface area contributed by atoms with E-state index in [-0.39, 0.29) is 5.82 Å². The molecule has 0 radical (unpaired) electrons. The molecule has 0 bridgehead atoms. The maximum absolute atomic E-state index is 12.8. The first-order valence-electron chi connectivity index (χ1n) is 5.90. The van der Waals surface area contributed by atoms with Gasteiger partial charge in [-0.25, -0.2) is 4.39 Å². The third kappa shape index (κ3) is 3.03. The molecule has 1 atom stereocenters. The van der Waals surface area contributed by atoms with Gasteiger partial charge < -0.3 is 14.6 Å². The Labute approximate surface area is 111 Å². The van der Waals surface area contributed by atoms with E-state index in [4.69, 9.17) is 9.47 Å². The molecule has 0 saturated heterocycles. The summed E-state index contributed by atoms with van der Waals surface area (Å²) in [7, 11) is 1.53. The minimum Gasteiger partial charge on any atom is -0.496 e. The first kappa shape index (κ1) is 13.4. The summed E-state index contributed by atoms with van der Waals surface area (Å²) in [5, 5.41) is 9.82. The van der Waals surface area contributed by atoms with Crippen molar-refractivity contribution in [1.82, 2.24) is 0 Å². The summed E-state index contributed by atoms with van der Waals surface area (Å²) in [5.74, 6) is 1.21. The van der Waals surface area contributed by atoms with Gasteiger partial charge >= 0.3 is 0 Å². The molecule has 0 fully saturated rings. The maximum Gasteiger partial charge on any atom is 0.136 e. The number of aliphatic hydroxyl groups excluding tert-OH is 1. The van der Waals surface area contributed by atoms with Crippen LogP contribution in [0.4, 0.5) is 4.39 Å². The van der Waals surface area contributed by atoms with Gasteiger partial charge in [0.1, 0.15) is 23.1 Å². The van der Waals surface area contributed by atoms with Gasteiger partial charge in [0.15, 0.2) is 0 Å². The van der Waals surface area contributed by atoms with Crippen LogP contribution in [0.2, 0.25) is 0 Å². The standard InChI is InChI=1S/C15H15FO3/c1-10(17)15-13(18-2)4-3-5-14(15)19-12-8-6-11(16)7-9-12/h3-10,17H,1-2H3/t10-/m0/s1. The third-order valence-corrected chi connectivity index (χ3v) is 2.71. The average Bonchev–Trinajstić information content (AvgIpc) is 2.40. The van der Waals surface area contributed by atoms with Crippen molar-refractivity contribution in [2.24, 2.45) is 0 Å². The Balaban J connectivity index is 2.36. The number of ether oxygens (including phenoxy) is 2. The highest BCUT2D eigenvalue weighted by Crippen LogP contribution is 2.36. The van der Waals surface area contributed by atoms with Gasteiger partial charge in [-0.1, -0.05) is 6.07 Å². The molecule has 0 spiro atoms. The fraction of sp³-hybridized carbons (Fsp3) is 0.200. The van der Waals surface area contributed by atoms with E-state index >= 15 is 0 Å². The Morgan fingerprint density at radius 2 is 1.68 bits per heavy atom. The van der Waals surface area contributed by atoms with E-state index in [0.717, 1.165) is 0 Å². The summed E-state index contributed by atoms with van der Waals surface area (Å²) >= 11 is 0. The van der Waals surface area contributed by atoms with Crippen LogP contribution >= 0.6 is 0 Å². The number of rotatable bonds is 4. The van der Waals surface area contributed by atoms with Gasteiger partial charge in [0.2, 0.25) is 0 Å².